The quantitative estimate of drug-likeness (QED) is 0.506. The van der Waals surface area contributed by atoms with E-state index in [0.717, 1.165) is 33.5 Å². The van der Waals surface area contributed by atoms with Crippen molar-refractivity contribution in [1.82, 2.24) is 4.90 Å². The molecule has 0 saturated carbocycles. The Morgan fingerprint density at radius 2 is 1.44 bits per heavy atom. The molecule has 3 unspecified atom stereocenters. The van der Waals surface area contributed by atoms with E-state index >= 15 is 0 Å². The van der Waals surface area contributed by atoms with Crippen LogP contribution in [0.3, 0.4) is 0 Å². The molecule has 4 rings (SSSR count). The predicted molar refractivity (Wildman–Crippen MR) is 134 cm³/mol. The Balaban J connectivity index is 1.97. The SMILES string of the molecule is CN(C)c1ccc(C(C2=C(S(=O)O)c3ccccc3C(N(C)C)C2)c2ccccc2)cc1. The number of hydrogen-bond acceptors (Lipinski definition) is 3. The fraction of sp³-hybridized carbons (Fsp3) is 0.259. The number of benzene rings is 3. The lowest BCUT2D eigenvalue weighted by Crippen LogP contribution is -2.27. The van der Waals surface area contributed by atoms with Gasteiger partial charge in [0.1, 0.15) is 0 Å². The molecular weight excluding hydrogens is 416 g/mol. The van der Waals surface area contributed by atoms with E-state index in [0.29, 0.717) is 11.3 Å². The van der Waals surface area contributed by atoms with Gasteiger partial charge in [0.25, 0.3) is 0 Å². The summed E-state index contributed by atoms with van der Waals surface area (Å²) in [6, 6.07) is 27.0. The van der Waals surface area contributed by atoms with Gasteiger partial charge in [-0.1, -0.05) is 66.7 Å². The Labute approximate surface area is 193 Å². The van der Waals surface area contributed by atoms with Gasteiger partial charge in [-0.05, 0) is 60.5 Å². The second-order valence-corrected chi connectivity index (χ2v) is 9.61. The fourth-order valence-corrected chi connectivity index (χ4v) is 5.50. The van der Waals surface area contributed by atoms with Crippen molar-refractivity contribution in [3.63, 3.8) is 0 Å². The third kappa shape index (κ3) is 4.29. The third-order valence-corrected chi connectivity index (χ3v) is 7.12. The van der Waals surface area contributed by atoms with E-state index in [-0.39, 0.29) is 12.0 Å². The second kappa shape index (κ2) is 9.41. The summed E-state index contributed by atoms with van der Waals surface area (Å²) in [6.07, 6.45) is 0.695. The lowest BCUT2D eigenvalue weighted by Gasteiger charge is -2.36. The Morgan fingerprint density at radius 3 is 2.03 bits per heavy atom. The molecular formula is C27H30N2O2S. The van der Waals surface area contributed by atoms with E-state index < -0.39 is 11.1 Å². The molecule has 5 heteroatoms. The van der Waals surface area contributed by atoms with Crippen molar-refractivity contribution in [1.29, 1.82) is 0 Å². The van der Waals surface area contributed by atoms with Crippen molar-refractivity contribution in [3.05, 3.63) is 107 Å². The molecule has 3 aromatic carbocycles. The maximum absolute atomic E-state index is 12.7. The molecule has 0 spiro atoms. The first kappa shape index (κ1) is 22.5. The maximum Gasteiger partial charge on any atom is 0.187 e. The van der Waals surface area contributed by atoms with Crippen LogP contribution in [0.25, 0.3) is 4.91 Å². The van der Waals surface area contributed by atoms with Gasteiger partial charge in [0.05, 0.1) is 4.91 Å². The zero-order chi connectivity index (χ0) is 22.8. The highest BCUT2D eigenvalue weighted by Gasteiger charge is 2.34. The van der Waals surface area contributed by atoms with Crippen molar-refractivity contribution >= 4 is 21.7 Å². The summed E-state index contributed by atoms with van der Waals surface area (Å²) in [7, 11) is 8.20. The molecule has 166 valence electrons. The first-order valence-corrected chi connectivity index (χ1v) is 11.9. The van der Waals surface area contributed by atoms with Gasteiger partial charge in [-0.3, -0.25) is 0 Å². The first-order chi connectivity index (χ1) is 15.4. The van der Waals surface area contributed by atoms with Gasteiger partial charge in [0.2, 0.25) is 0 Å². The summed E-state index contributed by atoms with van der Waals surface area (Å²) in [5.41, 5.74) is 6.36. The minimum Gasteiger partial charge on any atom is -0.378 e. The van der Waals surface area contributed by atoms with Crippen molar-refractivity contribution in [2.24, 2.45) is 0 Å². The van der Waals surface area contributed by atoms with Crippen LogP contribution in [0.4, 0.5) is 5.69 Å². The predicted octanol–water partition coefficient (Wildman–Crippen LogP) is 5.52. The number of rotatable bonds is 6. The van der Waals surface area contributed by atoms with E-state index in [1.54, 1.807) is 0 Å². The molecule has 0 fully saturated rings. The lowest BCUT2D eigenvalue weighted by molar-refractivity contribution is 0.292. The standard InChI is InChI=1S/C27H30N2O2S/c1-28(2)21-16-14-20(15-17-21)26(19-10-6-5-7-11-19)24-18-25(29(3)4)22-12-8-9-13-23(22)27(24)32(30)31/h5-17,25-26H,18H2,1-4H3,(H,30,31). The molecule has 3 atom stereocenters. The van der Waals surface area contributed by atoms with Gasteiger partial charge in [0.15, 0.2) is 11.1 Å². The fourth-order valence-electron chi connectivity index (χ4n) is 4.70. The molecule has 4 nitrogen and oxygen atoms in total. The number of anilines is 1. The van der Waals surface area contributed by atoms with Crippen LogP contribution >= 0.6 is 0 Å². The zero-order valence-electron chi connectivity index (χ0n) is 19.0. The van der Waals surface area contributed by atoms with Crippen molar-refractivity contribution < 1.29 is 8.76 Å². The Hall–Kier alpha value is -2.73. The molecule has 32 heavy (non-hydrogen) atoms. The molecule has 3 aromatic rings. The molecule has 0 heterocycles. The topological polar surface area (TPSA) is 43.8 Å². The van der Waals surface area contributed by atoms with Crippen LogP contribution < -0.4 is 4.90 Å². The smallest absolute Gasteiger partial charge is 0.187 e. The van der Waals surface area contributed by atoms with E-state index in [1.807, 2.05) is 50.5 Å². The number of nitrogens with zero attached hydrogens (tertiary/aromatic N) is 2. The summed E-state index contributed by atoms with van der Waals surface area (Å²) in [5.74, 6) is -0.102. The Morgan fingerprint density at radius 1 is 0.844 bits per heavy atom. The molecule has 1 aliphatic carbocycles. The van der Waals surface area contributed by atoms with E-state index in [2.05, 4.69) is 66.4 Å². The molecule has 0 saturated heterocycles. The van der Waals surface area contributed by atoms with E-state index in [9.17, 15) is 8.76 Å². The summed E-state index contributed by atoms with van der Waals surface area (Å²) >= 11 is -2.10. The van der Waals surface area contributed by atoms with Crippen LogP contribution in [0, 0.1) is 0 Å². The van der Waals surface area contributed by atoms with Crippen LogP contribution in [0.1, 0.15) is 40.6 Å². The average molecular weight is 447 g/mol. The number of fused-ring (bicyclic) bond motifs is 1. The molecule has 0 bridgehead atoms. The molecule has 0 aromatic heterocycles. The normalized spacial score (nSPS) is 17.8. The monoisotopic (exact) mass is 446 g/mol. The van der Waals surface area contributed by atoms with Gasteiger partial charge >= 0.3 is 0 Å². The van der Waals surface area contributed by atoms with Crippen molar-refractivity contribution in [2.75, 3.05) is 33.1 Å². The molecule has 0 amide bonds. The van der Waals surface area contributed by atoms with Crippen LogP contribution in [-0.2, 0) is 11.1 Å². The summed E-state index contributed by atoms with van der Waals surface area (Å²) in [5, 5.41) is 0. The van der Waals surface area contributed by atoms with Gasteiger partial charge in [-0.15, -0.1) is 0 Å². The minimum absolute atomic E-state index is 0.102. The van der Waals surface area contributed by atoms with Crippen LogP contribution in [0.5, 0.6) is 0 Å². The molecule has 1 N–H and O–H groups in total. The van der Waals surface area contributed by atoms with Crippen LogP contribution in [0.2, 0.25) is 0 Å². The summed E-state index contributed by atoms with van der Waals surface area (Å²) < 4.78 is 23.2. The zero-order valence-corrected chi connectivity index (χ0v) is 19.8. The van der Waals surface area contributed by atoms with E-state index in [4.69, 9.17) is 0 Å². The summed E-state index contributed by atoms with van der Waals surface area (Å²) in [4.78, 5) is 4.82. The second-order valence-electron chi connectivity index (χ2n) is 8.70. The first-order valence-electron chi connectivity index (χ1n) is 10.8. The Bertz CT molecular complexity index is 1140. The highest BCUT2D eigenvalue weighted by Crippen LogP contribution is 2.48. The van der Waals surface area contributed by atoms with Gasteiger partial charge in [0, 0.05) is 31.7 Å². The van der Waals surface area contributed by atoms with Crippen molar-refractivity contribution in [3.8, 4) is 0 Å². The minimum atomic E-state index is -2.10. The van der Waals surface area contributed by atoms with Gasteiger partial charge in [-0.2, -0.15) is 0 Å². The highest BCUT2D eigenvalue weighted by molar-refractivity contribution is 7.89. The molecule has 0 radical (unpaired) electrons. The van der Waals surface area contributed by atoms with Gasteiger partial charge < -0.3 is 14.4 Å². The molecule has 0 aliphatic heterocycles. The number of hydrogen-bond donors (Lipinski definition) is 1. The maximum atomic E-state index is 12.7. The Kier molecular flexibility index (Phi) is 6.60. The van der Waals surface area contributed by atoms with Crippen LogP contribution in [0.15, 0.2) is 84.4 Å². The average Bonchev–Trinajstić information content (AvgIpc) is 2.79. The van der Waals surface area contributed by atoms with Crippen molar-refractivity contribution in [2.45, 2.75) is 18.4 Å². The third-order valence-electron chi connectivity index (χ3n) is 6.29. The lowest BCUT2D eigenvalue weighted by atomic mass is 9.76. The highest BCUT2D eigenvalue weighted by atomic mass is 32.2. The largest absolute Gasteiger partial charge is 0.378 e. The summed E-state index contributed by atoms with van der Waals surface area (Å²) in [6.45, 7) is 0. The van der Waals surface area contributed by atoms with E-state index in [1.165, 1.54) is 0 Å². The molecule has 1 aliphatic rings. The van der Waals surface area contributed by atoms with Gasteiger partial charge in [-0.25, -0.2) is 4.21 Å². The van der Waals surface area contributed by atoms with Crippen LogP contribution in [-0.4, -0.2) is 41.9 Å².